The van der Waals surface area contributed by atoms with Crippen molar-refractivity contribution in [3.05, 3.63) is 0 Å². The zero-order valence-corrected chi connectivity index (χ0v) is 4.32. The predicted molar refractivity (Wildman–Crippen MR) is 7.92 cm³/mol. The van der Waals surface area contributed by atoms with Crippen molar-refractivity contribution in [3.8, 4) is 0 Å². The van der Waals surface area contributed by atoms with Crippen LogP contribution in [0.3, 0.4) is 0 Å². The van der Waals surface area contributed by atoms with Gasteiger partial charge in [0.15, 0.2) is 0 Å². The average molecular weight is 164 g/mol. The van der Waals surface area contributed by atoms with Gasteiger partial charge in [0.25, 0.3) is 0 Å². The van der Waals surface area contributed by atoms with Crippen molar-refractivity contribution in [1.82, 2.24) is 0 Å². The predicted octanol–water partition coefficient (Wildman–Crippen LogP) is 0.225. The molecule has 0 aliphatic rings. The van der Waals surface area contributed by atoms with E-state index in [-0.39, 0.29) is 0 Å². The Balaban J connectivity index is 4.87. The van der Waals surface area contributed by atoms with Crippen molar-refractivity contribution in [2.45, 2.75) is 5.52 Å². The molecule has 33 valence electrons. The SMILES string of the molecule is [CH3][Ru](=[O])(=[O])=[O]. The maximum absolute atomic E-state index is 9.16. The van der Waals surface area contributed by atoms with Crippen LogP contribution in [0.15, 0.2) is 0 Å². The van der Waals surface area contributed by atoms with Gasteiger partial charge < -0.3 is 0 Å². The summed E-state index contributed by atoms with van der Waals surface area (Å²) in [4.78, 5) is 0. The molecule has 4 heteroatoms. The average Bonchev–Trinajstić information content (AvgIpc) is 0.722. The fraction of sp³-hybridized carbons (Fsp3) is 1.00. The molecule has 0 saturated heterocycles. The number of hydrogen-bond acceptors (Lipinski definition) is 3. The van der Waals surface area contributed by atoms with E-state index in [0.29, 0.717) is 5.52 Å². The Labute approximate surface area is 31.6 Å². The Kier molecular flexibility index (Phi) is 1.02. The van der Waals surface area contributed by atoms with Crippen molar-refractivity contribution in [2.24, 2.45) is 0 Å². The summed E-state index contributed by atoms with van der Waals surface area (Å²) in [6, 6.07) is 0. The first-order valence-electron chi connectivity index (χ1n) is 0.787. The van der Waals surface area contributed by atoms with Gasteiger partial charge in [0.05, 0.1) is 0 Å². The molecule has 0 spiro atoms. The van der Waals surface area contributed by atoms with Crippen molar-refractivity contribution < 1.29 is 25.3 Å². The minimum absolute atomic E-state index is 0.691. The van der Waals surface area contributed by atoms with E-state index in [9.17, 15) is 0 Å². The van der Waals surface area contributed by atoms with Crippen LogP contribution in [0.25, 0.3) is 0 Å². The van der Waals surface area contributed by atoms with Gasteiger partial charge in [0.1, 0.15) is 0 Å². The van der Waals surface area contributed by atoms with Crippen molar-refractivity contribution in [2.75, 3.05) is 0 Å². The molecule has 0 atom stereocenters. The van der Waals surface area contributed by atoms with Gasteiger partial charge in [0.2, 0.25) is 0 Å². The molecule has 0 heterocycles. The van der Waals surface area contributed by atoms with Crippen LogP contribution >= 0.6 is 0 Å². The van der Waals surface area contributed by atoms with Gasteiger partial charge in [-0.15, -0.1) is 0 Å². The van der Waals surface area contributed by atoms with Gasteiger partial charge in [-0.3, -0.25) is 0 Å². The van der Waals surface area contributed by atoms with Gasteiger partial charge >= 0.3 is 30.9 Å². The van der Waals surface area contributed by atoms with Gasteiger partial charge in [-0.2, -0.15) is 0 Å². The van der Waals surface area contributed by atoms with Crippen LogP contribution in [-0.4, -0.2) is 0 Å². The molecular weight excluding hydrogens is 161 g/mol. The zero-order chi connectivity index (χ0) is 4.50. The van der Waals surface area contributed by atoms with Crippen molar-refractivity contribution >= 4 is 0 Å². The van der Waals surface area contributed by atoms with Crippen LogP contribution in [0.1, 0.15) is 0 Å². The second-order valence-corrected chi connectivity index (χ2v) is 3.61. The van der Waals surface area contributed by atoms with E-state index < -0.39 is 14.6 Å². The zero-order valence-electron chi connectivity index (χ0n) is 2.58. The minimum atomic E-state index is -4.61. The number of hydrogen-bond donors (Lipinski definition) is 0. The summed E-state index contributed by atoms with van der Waals surface area (Å²) in [5.74, 6) is 0. The summed E-state index contributed by atoms with van der Waals surface area (Å²) >= 11 is -4.61. The molecule has 0 saturated carbocycles. The Morgan fingerprint density at radius 2 is 1.20 bits per heavy atom. The fourth-order valence-electron chi connectivity index (χ4n) is 0. The molecule has 3 nitrogen and oxygen atoms in total. The summed E-state index contributed by atoms with van der Waals surface area (Å²) in [5, 5.41) is 0. The van der Waals surface area contributed by atoms with Gasteiger partial charge in [-0.1, -0.05) is 0 Å². The van der Waals surface area contributed by atoms with Crippen LogP contribution in [-0.2, 0) is 25.3 Å². The molecule has 0 aliphatic heterocycles. The van der Waals surface area contributed by atoms with E-state index in [1.807, 2.05) is 0 Å². The normalized spacial score (nSPS) is 11.4. The second kappa shape index (κ2) is 1.01. The Bertz CT molecular complexity index is 128. The molecule has 0 N–H and O–H groups in total. The maximum atomic E-state index is 9.16. The van der Waals surface area contributed by atoms with Crippen LogP contribution in [0, 0.1) is 0 Å². The van der Waals surface area contributed by atoms with E-state index in [0.717, 1.165) is 0 Å². The van der Waals surface area contributed by atoms with Crippen LogP contribution in [0.2, 0.25) is 5.52 Å². The summed E-state index contributed by atoms with van der Waals surface area (Å²) in [6.07, 6.45) is 0. The Morgan fingerprint density at radius 1 is 1.20 bits per heavy atom. The van der Waals surface area contributed by atoms with E-state index in [2.05, 4.69) is 0 Å². The van der Waals surface area contributed by atoms with Gasteiger partial charge in [0, 0.05) is 0 Å². The van der Waals surface area contributed by atoms with Gasteiger partial charge in [-0.25, -0.2) is 0 Å². The molecule has 0 bridgehead atoms. The molecule has 0 aromatic heterocycles. The Hall–Kier alpha value is 0.0234. The van der Waals surface area contributed by atoms with Crippen molar-refractivity contribution in [1.29, 1.82) is 0 Å². The first-order valence-corrected chi connectivity index (χ1v) is 4.65. The third-order valence-corrected chi connectivity index (χ3v) is 0. The van der Waals surface area contributed by atoms with E-state index in [1.54, 1.807) is 0 Å². The van der Waals surface area contributed by atoms with E-state index in [1.165, 1.54) is 0 Å². The summed E-state index contributed by atoms with van der Waals surface area (Å²) in [6.45, 7) is 0. The molecule has 0 radical (unpaired) electrons. The Morgan fingerprint density at radius 3 is 1.20 bits per heavy atom. The number of rotatable bonds is 0. The quantitative estimate of drug-likeness (QED) is 0.481. The third kappa shape index (κ3) is 30100. The fourth-order valence-corrected chi connectivity index (χ4v) is 0. The topological polar surface area (TPSA) is 51.2 Å². The first-order chi connectivity index (χ1) is 2.00. The molecule has 0 aromatic rings. The second-order valence-electron chi connectivity index (χ2n) is 0.610. The summed E-state index contributed by atoms with van der Waals surface area (Å²) in [5.41, 5.74) is 0.691. The van der Waals surface area contributed by atoms with Crippen molar-refractivity contribution in [3.63, 3.8) is 0 Å². The molecule has 0 unspecified atom stereocenters. The van der Waals surface area contributed by atoms with Crippen LogP contribution in [0.5, 0.6) is 0 Å². The molecule has 0 aromatic carbocycles. The molecule has 5 heavy (non-hydrogen) atoms. The molecule has 0 aliphatic carbocycles. The van der Waals surface area contributed by atoms with Crippen LogP contribution < -0.4 is 0 Å². The van der Waals surface area contributed by atoms with E-state index >= 15 is 0 Å². The first kappa shape index (κ1) is 5.02. The molecule has 0 rings (SSSR count). The summed E-state index contributed by atoms with van der Waals surface area (Å²) in [7, 11) is 0. The van der Waals surface area contributed by atoms with Crippen LogP contribution in [0.4, 0.5) is 0 Å². The standard InChI is InChI=1S/CH3.3O.Ru/h1H3;;;;. The molecule has 0 amide bonds. The monoisotopic (exact) mass is 165 g/mol. The van der Waals surface area contributed by atoms with Gasteiger partial charge in [-0.05, 0) is 0 Å². The third-order valence-electron chi connectivity index (χ3n) is 0. The molecular formula is CH3O3Ru. The molecule has 0 fully saturated rings. The van der Waals surface area contributed by atoms with E-state index in [4.69, 9.17) is 10.7 Å². The summed E-state index contributed by atoms with van der Waals surface area (Å²) < 4.78 is 27.5.